The fourth-order valence-electron chi connectivity index (χ4n) is 1.78. The molecular formula is C15H13BrO2. The van der Waals surface area contributed by atoms with Crippen LogP contribution in [0.1, 0.15) is 27.0 Å². The maximum atomic E-state index is 12.3. The molecule has 0 amide bonds. The molecule has 2 aromatic carbocycles. The highest BCUT2D eigenvalue weighted by Crippen LogP contribution is 2.34. The predicted molar refractivity (Wildman–Crippen MR) is 75.2 cm³/mol. The maximum Gasteiger partial charge on any atom is 0.196 e. The predicted octanol–water partition coefficient (Wildman–Crippen LogP) is 4.00. The first-order valence-electron chi connectivity index (χ1n) is 5.60. The molecule has 1 N–H and O–H groups in total. The first-order chi connectivity index (χ1) is 8.52. The third kappa shape index (κ3) is 2.18. The molecule has 0 unspecified atom stereocenters. The number of carbonyl (C=O) groups excluding carboxylic acids is 1. The van der Waals surface area contributed by atoms with E-state index in [1.807, 2.05) is 19.9 Å². The van der Waals surface area contributed by atoms with Gasteiger partial charge >= 0.3 is 0 Å². The van der Waals surface area contributed by atoms with E-state index in [1.54, 1.807) is 30.3 Å². The van der Waals surface area contributed by atoms with Crippen molar-refractivity contribution in [1.82, 2.24) is 0 Å². The summed E-state index contributed by atoms with van der Waals surface area (Å²) in [5, 5.41) is 10.1. The Hall–Kier alpha value is -1.61. The Morgan fingerprint density at radius 1 is 1.17 bits per heavy atom. The van der Waals surface area contributed by atoms with E-state index in [0.717, 1.165) is 11.1 Å². The highest BCUT2D eigenvalue weighted by Gasteiger charge is 2.18. The number of rotatable bonds is 2. The van der Waals surface area contributed by atoms with E-state index >= 15 is 0 Å². The Labute approximate surface area is 114 Å². The summed E-state index contributed by atoms with van der Waals surface area (Å²) >= 11 is 3.32. The molecule has 0 aliphatic rings. The number of aromatic hydroxyl groups is 1. The van der Waals surface area contributed by atoms with E-state index in [0.29, 0.717) is 15.6 Å². The van der Waals surface area contributed by atoms with Gasteiger partial charge in [0.15, 0.2) is 5.78 Å². The van der Waals surface area contributed by atoms with Gasteiger partial charge in [0.25, 0.3) is 0 Å². The number of hydrogen-bond donors (Lipinski definition) is 1. The zero-order valence-electron chi connectivity index (χ0n) is 10.2. The molecule has 3 heteroatoms. The van der Waals surface area contributed by atoms with E-state index in [2.05, 4.69) is 15.9 Å². The van der Waals surface area contributed by atoms with Crippen molar-refractivity contribution < 1.29 is 9.90 Å². The second-order valence-corrected chi connectivity index (χ2v) is 5.02. The molecule has 0 aromatic heterocycles. The summed E-state index contributed by atoms with van der Waals surface area (Å²) in [5.41, 5.74) is 2.81. The van der Waals surface area contributed by atoms with Gasteiger partial charge < -0.3 is 5.11 Å². The van der Waals surface area contributed by atoms with Gasteiger partial charge in [-0.05, 0) is 47.0 Å². The van der Waals surface area contributed by atoms with Crippen molar-refractivity contribution in [2.75, 3.05) is 0 Å². The van der Waals surface area contributed by atoms with Crippen molar-refractivity contribution in [3.8, 4) is 5.75 Å². The number of carbonyl (C=O) groups is 1. The van der Waals surface area contributed by atoms with Crippen molar-refractivity contribution in [3.63, 3.8) is 0 Å². The topological polar surface area (TPSA) is 37.3 Å². The lowest BCUT2D eigenvalue weighted by Gasteiger charge is -2.10. The molecule has 0 fully saturated rings. The van der Waals surface area contributed by atoms with E-state index < -0.39 is 0 Å². The normalized spacial score (nSPS) is 10.4. The Morgan fingerprint density at radius 2 is 1.78 bits per heavy atom. The molecule has 0 aliphatic carbocycles. The fourth-order valence-corrected chi connectivity index (χ4v) is 2.31. The van der Waals surface area contributed by atoms with Crippen LogP contribution in [0.3, 0.4) is 0 Å². The number of phenolic OH excluding ortho intramolecular Hbond substituents is 1. The minimum Gasteiger partial charge on any atom is -0.506 e. The van der Waals surface area contributed by atoms with Crippen LogP contribution in [0.25, 0.3) is 0 Å². The molecule has 0 saturated carbocycles. The second kappa shape index (κ2) is 4.94. The van der Waals surface area contributed by atoms with Gasteiger partial charge in [0, 0.05) is 5.56 Å². The molecule has 0 bridgehead atoms. The largest absolute Gasteiger partial charge is 0.506 e. The SMILES string of the molecule is Cc1cc(C(=O)c2ccccc2)c(O)c(Br)c1C. The lowest BCUT2D eigenvalue weighted by molar-refractivity contribution is 0.103. The number of phenols is 1. The van der Waals surface area contributed by atoms with Crippen LogP contribution in [-0.4, -0.2) is 10.9 Å². The van der Waals surface area contributed by atoms with Gasteiger partial charge in [0.05, 0.1) is 10.0 Å². The van der Waals surface area contributed by atoms with Crippen LogP contribution in [0, 0.1) is 13.8 Å². The highest BCUT2D eigenvalue weighted by atomic mass is 79.9. The average molecular weight is 305 g/mol. The van der Waals surface area contributed by atoms with Crippen LogP contribution in [0.4, 0.5) is 0 Å². The highest BCUT2D eigenvalue weighted by molar-refractivity contribution is 9.10. The molecule has 0 aliphatic heterocycles. The lowest BCUT2D eigenvalue weighted by atomic mass is 9.98. The van der Waals surface area contributed by atoms with Crippen molar-refractivity contribution in [3.05, 3.63) is 63.1 Å². The Kier molecular flexibility index (Phi) is 3.53. The summed E-state index contributed by atoms with van der Waals surface area (Å²) in [7, 11) is 0. The lowest BCUT2D eigenvalue weighted by Crippen LogP contribution is -2.03. The minimum absolute atomic E-state index is 0.00644. The first kappa shape index (κ1) is 12.8. The molecular weight excluding hydrogens is 292 g/mol. The van der Waals surface area contributed by atoms with E-state index in [-0.39, 0.29) is 11.5 Å². The Morgan fingerprint density at radius 3 is 2.39 bits per heavy atom. The third-order valence-corrected chi connectivity index (χ3v) is 4.00. The van der Waals surface area contributed by atoms with Crippen molar-refractivity contribution in [2.45, 2.75) is 13.8 Å². The first-order valence-corrected chi connectivity index (χ1v) is 6.40. The molecule has 2 nitrogen and oxygen atoms in total. The Bertz CT molecular complexity index is 604. The van der Waals surface area contributed by atoms with Crippen molar-refractivity contribution >= 4 is 21.7 Å². The van der Waals surface area contributed by atoms with E-state index in [4.69, 9.17) is 0 Å². The third-order valence-electron chi connectivity index (χ3n) is 3.03. The molecule has 92 valence electrons. The smallest absolute Gasteiger partial charge is 0.196 e. The molecule has 2 aromatic rings. The second-order valence-electron chi connectivity index (χ2n) is 4.22. The summed E-state index contributed by atoms with van der Waals surface area (Å²) in [5.74, 6) is -0.163. The van der Waals surface area contributed by atoms with Crippen LogP contribution in [0.5, 0.6) is 5.75 Å². The number of ketones is 1. The standard InChI is InChI=1S/C15H13BrO2/c1-9-8-12(15(18)13(16)10(9)2)14(17)11-6-4-3-5-7-11/h3-8,18H,1-2H3. The molecule has 0 spiro atoms. The number of hydrogen-bond acceptors (Lipinski definition) is 2. The average Bonchev–Trinajstić information content (AvgIpc) is 2.41. The van der Waals surface area contributed by atoms with E-state index in [1.165, 1.54) is 0 Å². The zero-order valence-corrected chi connectivity index (χ0v) is 11.8. The summed E-state index contributed by atoms with van der Waals surface area (Å²) < 4.78 is 0.585. The van der Waals surface area contributed by atoms with Crippen LogP contribution in [-0.2, 0) is 0 Å². The van der Waals surface area contributed by atoms with Crippen LogP contribution >= 0.6 is 15.9 Å². The summed E-state index contributed by atoms with van der Waals surface area (Å²) in [6, 6.07) is 10.7. The van der Waals surface area contributed by atoms with Crippen molar-refractivity contribution in [1.29, 1.82) is 0 Å². The van der Waals surface area contributed by atoms with Gasteiger partial charge in [-0.25, -0.2) is 0 Å². The quantitative estimate of drug-likeness (QED) is 0.851. The number of benzene rings is 2. The minimum atomic E-state index is -0.170. The van der Waals surface area contributed by atoms with E-state index in [9.17, 15) is 9.90 Å². The molecule has 0 atom stereocenters. The summed E-state index contributed by atoms with van der Waals surface area (Å²) in [6.45, 7) is 3.82. The van der Waals surface area contributed by atoms with Gasteiger partial charge in [-0.3, -0.25) is 4.79 Å². The van der Waals surface area contributed by atoms with Gasteiger partial charge in [0.1, 0.15) is 5.75 Å². The summed E-state index contributed by atoms with van der Waals surface area (Å²) in [4.78, 5) is 12.3. The number of aryl methyl sites for hydroxylation is 1. The monoisotopic (exact) mass is 304 g/mol. The summed E-state index contributed by atoms with van der Waals surface area (Å²) in [6.07, 6.45) is 0. The molecule has 0 saturated heterocycles. The molecule has 0 radical (unpaired) electrons. The number of halogens is 1. The Balaban J connectivity index is 2.56. The van der Waals surface area contributed by atoms with Crippen molar-refractivity contribution in [2.24, 2.45) is 0 Å². The fraction of sp³-hybridized carbons (Fsp3) is 0.133. The molecule has 18 heavy (non-hydrogen) atoms. The molecule has 0 heterocycles. The van der Waals surface area contributed by atoms with Crippen LogP contribution in [0.15, 0.2) is 40.9 Å². The molecule has 2 rings (SSSR count). The van der Waals surface area contributed by atoms with Crippen LogP contribution < -0.4 is 0 Å². The van der Waals surface area contributed by atoms with Crippen LogP contribution in [0.2, 0.25) is 0 Å². The van der Waals surface area contributed by atoms with Gasteiger partial charge in [-0.15, -0.1) is 0 Å². The van der Waals surface area contributed by atoms with Gasteiger partial charge in [-0.1, -0.05) is 30.3 Å². The zero-order chi connectivity index (χ0) is 13.3. The van der Waals surface area contributed by atoms with Gasteiger partial charge in [-0.2, -0.15) is 0 Å². The van der Waals surface area contributed by atoms with Gasteiger partial charge in [0.2, 0.25) is 0 Å². The maximum absolute atomic E-state index is 12.3.